The average Bonchev–Trinajstić information content (AvgIpc) is 3.05. The lowest BCUT2D eigenvalue weighted by atomic mass is 10.0. The van der Waals surface area contributed by atoms with Gasteiger partial charge in [-0.05, 0) is 18.2 Å². The van der Waals surface area contributed by atoms with Crippen LogP contribution in [0.5, 0.6) is 5.75 Å². The summed E-state index contributed by atoms with van der Waals surface area (Å²) < 4.78 is 5.46. The van der Waals surface area contributed by atoms with Crippen LogP contribution < -0.4 is 4.74 Å². The second-order valence-electron chi connectivity index (χ2n) is 6.39. The highest BCUT2D eigenvalue weighted by atomic mass is 35.5. The van der Waals surface area contributed by atoms with E-state index in [0.29, 0.717) is 27.6 Å². The van der Waals surface area contributed by atoms with E-state index in [4.69, 9.17) is 16.3 Å². The summed E-state index contributed by atoms with van der Waals surface area (Å²) in [6, 6.07) is 21.6. The number of hydrogen-bond acceptors (Lipinski definition) is 3. The van der Waals surface area contributed by atoms with E-state index < -0.39 is 5.97 Å². The van der Waals surface area contributed by atoms with Crippen LogP contribution in [0.4, 0.5) is 0 Å². The Morgan fingerprint density at radius 1 is 0.893 bits per heavy atom. The second-order valence-corrected chi connectivity index (χ2v) is 6.82. The molecule has 0 radical (unpaired) electrons. The lowest BCUT2D eigenvalue weighted by Crippen LogP contribution is -2.02. The first-order valence-corrected chi connectivity index (χ1v) is 9.10. The van der Waals surface area contributed by atoms with E-state index in [-0.39, 0.29) is 5.78 Å². The molecule has 4 rings (SSSR count). The first-order valence-electron chi connectivity index (χ1n) is 8.73. The third-order valence-corrected chi connectivity index (χ3v) is 4.67. The second kappa shape index (κ2) is 7.33. The number of esters is 1. The van der Waals surface area contributed by atoms with E-state index in [0.717, 1.165) is 16.5 Å². The number of fused-ring (bicyclic) bond motifs is 1. The van der Waals surface area contributed by atoms with Crippen molar-refractivity contribution in [2.75, 3.05) is 0 Å². The number of benzene rings is 3. The van der Waals surface area contributed by atoms with Crippen molar-refractivity contribution < 1.29 is 14.3 Å². The molecule has 5 heteroatoms. The maximum atomic E-state index is 12.6. The normalized spacial score (nSPS) is 10.8. The van der Waals surface area contributed by atoms with Crippen LogP contribution in [0.1, 0.15) is 22.8 Å². The molecule has 0 aliphatic carbocycles. The van der Waals surface area contributed by atoms with Crippen molar-refractivity contribution in [2.24, 2.45) is 0 Å². The molecule has 28 heavy (non-hydrogen) atoms. The van der Waals surface area contributed by atoms with Gasteiger partial charge in [-0.1, -0.05) is 66.2 Å². The topological polar surface area (TPSA) is 59.2 Å². The number of aromatic amines is 1. The minimum absolute atomic E-state index is 0.0456. The van der Waals surface area contributed by atoms with Gasteiger partial charge in [0, 0.05) is 34.0 Å². The number of halogens is 1. The van der Waals surface area contributed by atoms with Crippen molar-refractivity contribution in [1.29, 1.82) is 0 Å². The van der Waals surface area contributed by atoms with Crippen molar-refractivity contribution in [2.45, 2.75) is 6.92 Å². The maximum absolute atomic E-state index is 12.6. The zero-order chi connectivity index (χ0) is 19.7. The summed E-state index contributed by atoms with van der Waals surface area (Å²) in [4.78, 5) is 27.5. The molecule has 4 aromatic rings. The summed E-state index contributed by atoms with van der Waals surface area (Å²) >= 11 is 6.08. The summed E-state index contributed by atoms with van der Waals surface area (Å²) in [5.74, 6) is -0.00920. The smallest absolute Gasteiger partial charge is 0.308 e. The summed E-state index contributed by atoms with van der Waals surface area (Å²) in [7, 11) is 0. The number of ether oxygens (including phenoxy) is 1. The zero-order valence-corrected chi connectivity index (χ0v) is 15.8. The molecule has 1 aromatic heterocycles. The van der Waals surface area contributed by atoms with E-state index >= 15 is 0 Å². The fourth-order valence-corrected chi connectivity index (χ4v) is 3.31. The molecular weight excluding hydrogens is 374 g/mol. The van der Waals surface area contributed by atoms with Gasteiger partial charge in [0.25, 0.3) is 0 Å². The zero-order valence-electron chi connectivity index (χ0n) is 15.0. The standard InChI is InChI=1S/C23H16ClNO3/c1-14(26)28-23-19-12-11-18(24)13-20(19)25-21(23)15-7-9-17(10-8-15)22(27)16-5-3-2-4-6-16/h2-13,25H,1H3. The molecule has 4 nitrogen and oxygen atoms in total. The lowest BCUT2D eigenvalue weighted by Gasteiger charge is -2.06. The van der Waals surface area contributed by atoms with Crippen molar-refractivity contribution >= 4 is 34.3 Å². The summed E-state index contributed by atoms with van der Waals surface area (Å²) in [5, 5.41) is 1.34. The molecule has 3 aromatic carbocycles. The molecule has 0 atom stereocenters. The van der Waals surface area contributed by atoms with Gasteiger partial charge in [-0.3, -0.25) is 9.59 Å². The minimum atomic E-state index is -0.409. The largest absolute Gasteiger partial charge is 0.424 e. The van der Waals surface area contributed by atoms with E-state index in [1.165, 1.54) is 6.92 Å². The van der Waals surface area contributed by atoms with Gasteiger partial charge in [0.2, 0.25) is 0 Å². The Hall–Kier alpha value is -3.37. The predicted octanol–water partition coefficient (Wildman–Crippen LogP) is 5.64. The molecular formula is C23H16ClNO3. The Morgan fingerprint density at radius 2 is 1.57 bits per heavy atom. The number of rotatable bonds is 4. The van der Waals surface area contributed by atoms with Gasteiger partial charge >= 0.3 is 5.97 Å². The SMILES string of the molecule is CC(=O)Oc1c(-c2ccc(C(=O)c3ccccc3)cc2)[nH]c2cc(Cl)ccc12. The predicted molar refractivity (Wildman–Crippen MR) is 110 cm³/mol. The number of H-pyrrole nitrogens is 1. The van der Waals surface area contributed by atoms with Gasteiger partial charge in [-0.2, -0.15) is 0 Å². The van der Waals surface area contributed by atoms with Crippen LogP contribution in [0.3, 0.4) is 0 Å². The highest BCUT2D eigenvalue weighted by Gasteiger charge is 2.17. The molecule has 1 N–H and O–H groups in total. The van der Waals surface area contributed by atoms with Crippen LogP contribution in [-0.2, 0) is 4.79 Å². The Kier molecular flexibility index (Phi) is 4.72. The number of hydrogen-bond donors (Lipinski definition) is 1. The molecule has 0 saturated carbocycles. The van der Waals surface area contributed by atoms with E-state index in [1.807, 2.05) is 36.4 Å². The highest BCUT2D eigenvalue weighted by molar-refractivity contribution is 6.31. The summed E-state index contributed by atoms with van der Waals surface area (Å²) in [5.41, 5.74) is 3.45. The molecule has 0 aliphatic rings. The third kappa shape index (κ3) is 3.42. The van der Waals surface area contributed by atoms with Crippen molar-refractivity contribution in [1.82, 2.24) is 4.98 Å². The van der Waals surface area contributed by atoms with Crippen LogP contribution in [0, 0.1) is 0 Å². The van der Waals surface area contributed by atoms with Crippen LogP contribution in [0.15, 0.2) is 72.8 Å². The van der Waals surface area contributed by atoms with E-state index in [9.17, 15) is 9.59 Å². The quantitative estimate of drug-likeness (QED) is 0.362. The van der Waals surface area contributed by atoms with Gasteiger partial charge in [0.05, 0.1) is 11.2 Å². The Labute approximate surface area is 166 Å². The fraction of sp³-hybridized carbons (Fsp3) is 0.0435. The van der Waals surface area contributed by atoms with E-state index in [1.54, 1.807) is 36.4 Å². The number of aromatic nitrogens is 1. The van der Waals surface area contributed by atoms with Gasteiger partial charge in [0.15, 0.2) is 11.5 Å². The first-order chi connectivity index (χ1) is 13.5. The van der Waals surface area contributed by atoms with Crippen LogP contribution in [0.2, 0.25) is 5.02 Å². The fourth-order valence-electron chi connectivity index (χ4n) is 3.14. The van der Waals surface area contributed by atoms with E-state index in [2.05, 4.69) is 4.98 Å². The number of carbonyl (C=O) groups excluding carboxylic acids is 2. The Morgan fingerprint density at radius 3 is 2.25 bits per heavy atom. The maximum Gasteiger partial charge on any atom is 0.308 e. The molecule has 0 unspecified atom stereocenters. The van der Waals surface area contributed by atoms with Crippen LogP contribution >= 0.6 is 11.6 Å². The van der Waals surface area contributed by atoms with Crippen molar-refractivity contribution in [3.05, 3.63) is 88.9 Å². The van der Waals surface area contributed by atoms with Crippen molar-refractivity contribution in [3.8, 4) is 17.0 Å². The molecule has 0 fully saturated rings. The molecule has 0 amide bonds. The molecule has 1 heterocycles. The number of nitrogens with one attached hydrogen (secondary N) is 1. The Balaban J connectivity index is 1.75. The van der Waals surface area contributed by atoms with Gasteiger partial charge in [-0.15, -0.1) is 0 Å². The minimum Gasteiger partial charge on any atom is -0.424 e. The molecule has 0 spiro atoms. The van der Waals surface area contributed by atoms with Gasteiger partial charge in [0.1, 0.15) is 0 Å². The lowest BCUT2D eigenvalue weighted by molar-refractivity contribution is -0.131. The van der Waals surface area contributed by atoms with Crippen molar-refractivity contribution in [3.63, 3.8) is 0 Å². The number of ketones is 1. The molecule has 0 aliphatic heterocycles. The van der Waals surface area contributed by atoms with Gasteiger partial charge < -0.3 is 9.72 Å². The average molecular weight is 390 g/mol. The van der Waals surface area contributed by atoms with Crippen LogP contribution in [0.25, 0.3) is 22.2 Å². The monoisotopic (exact) mass is 389 g/mol. The third-order valence-electron chi connectivity index (χ3n) is 4.43. The van der Waals surface area contributed by atoms with Crippen LogP contribution in [-0.4, -0.2) is 16.7 Å². The summed E-state index contributed by atoms with van der Waals surface area (Å²) in [6.07, 6.45) is 0. The first kappa shape index (κ1) is 18.0. The molecule has 0 saturated heterocycles. The summed E-state index contributed by atoms with van der Waals surface area (Å²) in [6.45, 7) is 1.36. The number of carbonyl (C=O) groups is 2. The highest BCUT2D eigenvalue weighted by Crippen LogP contribution is 2.38. The molecule has 138 valence electrons. The Bertz CT molecular complexity index is 1180. The molecule has 0 bridgehead atoms. The van der Waals surface area contributed by atoms with Gasteiger partial charge in [-0.25, -0.2) is 0 Å².